The molecule has 0 bridgehead atoms. The third-order valence-electron chi connectivity index (χ3n) is 1.52. The molecule has 1 heterocycles. The molecule has 0 atom stereocenters. The van der Waals surface area contributed by atoms with Crippen LogP contribution in [0.5, 0.6) is 0 Å². The molecule has 1 aromatic heterocycles. The highest BCUT2D eigenvalue weighted by Gasteiger charge is 2.03. The zero-order chi connectivity index (χ0) is 9.84. The van der Waals surface area contributed by atoms with Gasteiger partial charge in [0.2, 0.25) is 5.91 Å². The maximum atomic E-state index is 10.9. The fourth-order valence-electron chi connectivity index (χ4n) is 0.874. The van der Waals surface area contributed by atoms with Crippen LogP contribution in [0.2, 0.25) is 0 Å². The second kappa shape index (κ2) is 4.18. The van der Waals surface area contributed by atoms with Gasteiger partial charge in [0, 0.05) is 11.8 Å². The topological polar surface area (TPSA) is 46.2 Å². The summed E-state index contributed by atoms with van der Waals surface area (Å²) in [6, 6.07) is 3.64. The average Bonchev–Trinajstić information content (AvgIpc) is 2.48. The number of ketones is 1. The lowest BCUT2D eigenvalue weighted by molar-refractivity contribution is -0.119. The number of amides is 1. The quantitative estimate of drug-likeness (QED) is 0.748. The molecule has 4 heteroatoms. The molecule has 0 radical (unpaired) electrons. The van der Waals surface area contributed by atoms with E-state index in [1.807, 2.05) is 6.07 Å². The normalized spacial score (nSPS) is 9.69. The van der Waals surface area contributed by atoms with Crippen LogP contribution in [0.3, 0.4) is 0 Å². The summed E-state index contributed by atoms with van der Waals surface area (Å²) in [6.45, 7) is 3.51. The standard InChI is InChI=1S/C9H11NO2S/c1-6(11)9-4-3-8(13-9)5-10-7(2)12/h3-4H,5H2,1-2H3,(H,10,12). The second-order valence-electron chi connectivity index (χ2n) is 2.73. The molecule has 0 aliphatic heterocycles. The molecule has 70 valence electrons. The van der Waals surface area contributed by atoms with Gasteiger partial charge in [0.25, 0.3) is 0 Å². The van der Waals surface area contributed by atoms with Crippen molar-refractivity contribution in [3.05, 3.63) is 21.9 Å². The van der Waals surface area contributed by atoms with Crippen molar-refractivity contribution in [2.75, 3.05) is 0 Å². The molecule has 3 nitrogen and oxygen atoms in total. The Labute approximate surface area is 80.8 Å². The van der Waals surface area contributed by atoms with Crippen LogP contribution in [-0.2, 0) is 11.3 Å². The van der Waals surface area contributed by atoms with Crippen molar-refractivity contribution < 1.29 is 9.59 Å². The first-order chi connectivity index (χ1) is 6.09. The van der Waals surface area contributed by atoms with E-state index in [1.54, 1.807) is 6.07 Å². The molecule has 0 aromatic carbocycles. The number of carbonyl (C=O) groups excluding carboxylic acids is 2. The first-order valence-corrected chi connectivity index (χ1v) is 4.75. The van der Waals surface area contributed by atoms with Gasteiger partial charge in [0.05, 0.1) is 11.4 Å². The number of hydrogen-bond donors (Lipinski definition) is 1. The lowest BCUT2D eigenvalue weighted by atomic mass is 10.3. The average molecular weight is 197 g/mol. The van der Waals surface area contributed by atoms with Gasteiger partial charge in [0.1, 0.15) is 0 Å². The van der Waals surface area contributed by atoms with Crippen molar-refractivity contribution in [1.82, 2.24) is 5.32 Å². The third-order valence-corrected chi connectivity index (χ3v) is 2.71. The first-order valence-electron chi connectivity index (χ1n) is 3.93. The zero-order valence-corrected chi connectivity index (χ0v) is 8.40. The second-order valence-corrected chi connectivity index (χ2v) is 3.90. The summed E-state index contributed by atoms with van der Waals surface area (Å²) in [5, 5.41) is 2.67. The Balaban J connectivity index is 2.59. The highest BCUT2D eigenvalue weighted by Crippen LogP contribution is 2.16. The Hall–Kier alpha value is -1.16. The molecule has 1 amide bonds. The van der Waals surface area contributed by atoms with E-state index < -0.39 is 0 Å². The van der Waals surface area contributed by atoms with Crippen molar-refractivity contribution in [3.63, 3.8) is 0 Å². The lowest BCUT2D eigenvalue weighted by Gasteiger charge is -1.96. The van der Waals surface area contributed by atoms with E-state index in [0.29, 0.717) is 6.54 Å². The van der Waals surface area contributed by atoms with Crippen molar-refractivity contribution in [2.45, 2.75) is 20.4 Å². The Morgan fingerprint density at radius 2 is 2.08 bits per heavy atom. The fraction of sp³-hybridized carbons (Fsp3) is 0.333. The molecule has 0 aliphatic rings. The highest BCUT2D eigenvalue weighted by atomic mass is 32.1. The van der Waals surface area contributed by atoms with E-state index in [4.69, 9.17) is 0 Å². The molecule has 0 saturated carbocycles. The fourth-order valence-corrected chi connectivity index (χ4v) is 1.72. The van der Waals surface area contributed by atoms with E-state index in [9.17, 15) is 9.59 Å². The molecule has 13 heavy (non-hydrogen) atoms. The minimum absolute atomic E-state index is 0.0576. The SMILES string of the molecule is CC(=O)NCc1ccc(C(C)=O)s1. The largest absolute Gasteiger partial charge is 0.351 e. The van der Waals surface area contributed by atoms with E-state index >= 15 is 0 Å². The lowest BCUT2D eigenvalue weighted by Crippen LogP contribution is -2.18. The van der Waals surface area contributed by atoms with Crippen molar-refractivity contribution >= 4 is 23.0 Å². The summed E-state index contributed by atoms with van der Waals surface area (Å²) in [5.74, 6) is 0.0110. The number of Topliss-reactive ketones (excluding diaryl/α,β-unsaturated/α-hetero) is 1. The van der Waals surface area contributed by atoms with E-state index in [0.717, 1.165) is 9.75 Å². The minimum atomic E-state index is -0.0576. The molecule has 1 rings (SSSR count). The maximum absolute atomic E-state index is 10.9. The van der Waals surface area contributed by atoms with Crippen LogP contribution >= 0.6 is 11.3 Å². The summed E-state index contributed by atoms with van der Waals surface area (Å²) >= 11 is 1.42. The van der Waals surface area contributed by atoms with Gasteiger partial charge < -0.3 is 5.32 Å². The molecule has 1 aromatic rings. The summed E-state index contributed by atoms with van der Waals surface area (Å²) in [6.07, 6.45) is 0. The molecular weight excluding hydrogens is 186 g/mol. The highest BCUT2D eigenvalue weighted by molar-refractivity contribution is 7.14. The number of hydrogen-bond acceptors (Lipinski definition) is 3. The van der Waals surface area contributed by atoms with E-state index in [1.165, 1.54) is 25.2 Å². The van der Waals surface area contributed by atoms with Gasteiger partial charge in [-0.3, -0.25) is 9.59 Å². The van der Waals surface area contributed by atoms with Crippen LogP contribution in [0.25, 0.3) is 0 Å². The smallest absolute Gasteiger partial charge is 0.217 e. The molecule has 0 spiro atoms. The summed E-state index contributed by atoms with van der Waals surface area (Å²) in [5.41, 5.74) is 0. The van der Waals surface area contributed by atoms with Gasteiger partial charge in [-0.1, -0.05) is 0 Å². The monoisotopic (exact) mass is 197 g/mol. The van der Waals surface area contributed by atoms with Crippen molar-refractivity contribution in [1.29, 1.82) is 0 Å². The van der Waals surface area contributed by atoms with Gasteiger partial charge >= 0.3 is 0 Å². The Bertz CT molecular complexity index is 330. The van der Waals surface area contributed by atoms with Crippen molar-refractivity contribution in [3.8, 4) is 0 Å². The van der Waals surface area contributed by atoms with Crippen LogP contribution < -0.4 is 5.32 Å². The van der Waals surface area contributed by atoms with Crippen LogP contribution in [0, 0.1) is 0 Å². The van der Waals surface area contributed by atoms with Gasteiger partial charge in [-0.05, 0) is 19.1 Å². The summed E-state index contributed by atoms with van der Waals surface area (Å²) in [7, 11) is 0. The van der Waals surface area contributed by atoms with Gasteiger partial charge in [-0.2, -0.15) is 0 Å². The van der Waals surface area contributed by atoms with Crippen LogP contribution in [0.4, 0.5) is 0 Å². The first kappa shape index (κ1) is 9.92. The Kier molecular flexibility index (Phi) is 3.19. The van der Waals surface area contributed by atoms with Gasteiger partial charge in [-0.15, -0.1) is 11.3 Å². The van der Waals surface area contributed by atoms with E-state index in [-0.39, 0.29) is 11.7 Å². The predicted molar refractivity (Wildman–Crippen MR) is 51.8 cm³/mol. The molecule has 0 aliphatic carbocycles. The Morgan fingerprint density at radius 1 is 1.38 bits per heavy atom. The van der Waals surface area contributed by atoms with Crippen LogP contribution in [0.1, 0.15) is 28.4 Å². The van der Waals surface area contributed by atoms with Crippen molar-refractivity contribution in [2.24, 2.45) is 0 Å². The summed E-state index contributed by atoms with van der Waals surface area (Å²) < 4.78 is 0. The number of thiophene rings is 1. The third kappa shape index (κ3) is 2.99. The van der Waals surface area contributed by atoms with Gasteiger partial charge in [-0.25, -0.2) is 0 Å². The van der Waals surface area contributed by atoms with Crippen LogP contribution in [0.15, 0.2) is 12.1 Å². The summed E-state index contributed by atoms with van der Waals surface area (Å²) in [4.78, 5) is 23.2. The predicted octanol–water partition coefficient (Wildman–Crippen LogP) is 1.59. The maximum Gasteiger partial charge on any atom is 0.217 e. The molecule has 0 unspecified atom stereocenters. The number of rotatable bonds is 3. The minimum Gasteiger partial charge on any atom is -0.351 e. The molecular formula is C9H11NO2S. The van der Waals surface area contributed by atoms with Gasteiger partial charge in [0.15, 0.2) is 5.78 Å². The number of nitrogens with one attached hydrogen (secondary N) is 1. The molecule has 1 N–H and O–H groups in total. The van der Waals surface area contributed by atoms with E-state index in [2.05, 4.69) is 5.32 Å². The molecule has 0 fully saturated rings. The molecule has 0 saturated heterocycles. The Morgan fingerprint density at radius 3 is 2.54 bits per heavy atom. The number of carbonyl (C=O) groups is 2. The van der Waals surface area contributed by atoms with Crippen LogP contribution in [-0.4, -0.2) is 11.7 Å². The zero-order valence-electron chi connectivity index (χ0n) is 7.59.